The lowest BCUT2D eigenvalue weighted by Crippen LogP contribution is -2.56. The van der Waals surface area contributed by atoms with E-state index in [1.807, 2.05) is 24.3 Å². The molecule has 49 heavy (non-hydrogen) atoms. The van der Waals surface area contributed by atoms with Crippen LogP contribution in [0.5, 0.6) is 0 Å². The first-order valence-electron chi connectivity index (χ1n) is 16.7. The summed E-state index contributed by atoms with van der Waals surface area (Å²) in [5.74, 6) is -4.94. The minimum atomic E-state index is -2.63. The van der Waals surface area contributed by atoms with Gasteiger partial charge in [0.05, 0.1) is 32.6 Å². The maximum absolute atomic E-state index is 13.2. The molecule has 3 unspecified atom stereocenters. The summed E-state index contributed by atoms with van der Waals surface area (Å²) in [5.41, 5.74) is 3.47. The van der Waals surface area contributed by atoms with Gasteiger partial charge in [-0.25, -0.2) is 17.6 Å². The molecule has 1 saturated carbocycles. The fourth-order valence-corrected chi connectivity index (χ4v) is 8.58. The molecule has 0 radical (unpaired) electrons. The van der Waals surface area contributed by atoms with E-state index in [0.717, 1.165) is 76.2 Å². The van der Waals surface area contributed by atoms with Gasteiger partial charge in [-0.2, -0.15) is 0 Å². The molecule has 3 atom stereocenters. The Balaban J connectivity index is 0.887. The Labute approximate surface area is 290 Å². The molecule has 2 aromatic carbocycles. The summed E-state index contributed by atoms with van der Waals surface area (Å²) in [5, 5.41) is 27.2. The summed E-state index contributed by atoms with van der Waals surface area (Å²) in [6.45, 7) is 1.13. The highest BCUT2D eigenvalue weighted by molar-refractivity contribution is 7.15. The van der Waals surface area contributed by atoms with Crippen LogP contribution in [0.3, 0.4) is 0 Å². The van der Waals surface area contributed by atoms with Crippen LogP contribution in [-0.4, -0.2) is 70.4 Å². The van der Waals surface area contributed by atoms with Gasteiger partial charge in [0, 0.05) is 29.3 Å². The number of aromatic nitrogens is 4. The van der Waals surface area contributed by atoms with E-state index in [2.05, 4.69) is 38.0 Å². The molecule has 9 nitrogen and oxygen atoms in total. The number of hydrogen-bond acceptors (Lipinski definition) is 10. The Bertz CT molecular complexity index is 1730. The van der Waals surface area contributed by atoms with Gasteiger partial charge < -0.3 is 20.4 Å². The van der Waals surface area contributed by atoms with Gasteiger partial charge in [-0.15, -0.1) is 20.4 Å². The van der Waals surface area contributed by atoms with E-state index in [-0.39, 0.29) is 56.4 Å². The van der Waals surface area contributed by atoms with E-state index < -0.39 is 11.8 Å². The molecule has 2 aliphatic heterocycles. The second-order valence-corrected chi connectivity index (χ2v) is 15.4. The largest absolute Gasteiger partial charge is 0.359 e. The number of alkyl halides is 4. The summed E-state index contributed by atoms with van der Waals surface area (Å²) in [6, 6.07) is 15.1. The molecule has 2 aromatic heterocycles. The Morgan fingerprint density at radius 2 is 1.31 bits per heavy atom. The lowest BCUT2D eigenvalue weighted by molar-refractivity contribution is -0.115. The highest BCUT2D eigenvalue weighted by atomic mass is 32.1. The van der Waals surface area contributed by atoms with Gasteiger partial charge in [-0.05, 0) is 67.5 Å². The maximum Gasteiger partial charge on any atom is 0.282 e. The molecule has 260 valence electrons. The number of anilines is 4. The van der Waals surface area contributed by atoms with E-state index >= 15 is 0 Å². The number of halogens is 4. The minimum Gasteiger partial charge on any atom is -0.359 e. The molecule has 3 fully saturated rings. The quantitative estimate of drug-likeness (QED) is 0.147. The average Bonchev–Trinajstić information content (AvgIpc) is 3.73. The van der Waals surface area contributed by atoms with E-state index in [1.165, 1.54) is 11.3 Å². The van der Waals surface area contributed by atoms with Crippen LogP contribution >= 0.6 is 22.7 Å². The van der Waals surface area contributed by atoms with Crippen LogP contribution in [-0.2, 0) is 17.6 Å². The van der Waals surface area contributed by atoms with Crippen LogP contribution in [0, 0.1) is 0 Å². The van der Waals surface area contributed by atoms with E-state index in [1.54, 1.807) is 45.4 Å². The summed E-state index contributed by atoms with van der Waals surface area (Å²) >= 11 is 3.00. The summed E-state index contributed by atoms with van der Waals surface area (Å²) in [4.78, 5) is 16.0. The summed E-state index contributed by atoms with van der Waals surface area (Å²) in [7, 11) is 0. The number of nitrogens with zero attached hydrogens (tertiary/aromatic N) is 6. The fraction of sp³-hybridized carbons (Fsp3) is 0.500. The SMILES string of the molecule is CCC(Cc1ccc(N2CC(F)(F)C2)cc1)Nc1nnc(C2CCCC(c3nnc(NC(=O)Cc4ccc(N5CC(F)(F)C5)cc4)s3)C2)s1. The van der Waals surface area contributed by atoms with Crippen molar-refractivity contribution in [2.75, 3.05) is 46.6 Å². The van der Waals surface area contributed by atoms with E-state index in [9.17, 15) is 22.4 Å². The fourth-order valence-electron chi connectivity index (χ4n) is 6.71. The Hall–Kier alpha value is -3.85. The number of benzene rings is 2. The molecular formula is C34H38F4N8OS2. The third-order valence-corrected chi connectivity index (χ3v) is 11.5. The van der Waals surface area contributed by atoms with Crippen molar-refractivity contribution in [3.05, 3.63) is 69.7 Å². The second-order valence-electron chi connectivity index (χ2n) is 13.4. The van der Waals surface area contributed by atoms with Gasteiger partial charge in [0.1, 0.15) is 10.0 Å². The Morgan fingerprint density at radius 3 is 1.84 bits per heavy atom. The monoisotopic (exact) mass is 714 g/mol. The first-order valence-corrected chi connectivity index (χ1v) is 18.3. The highest BCUT2D eigenvalue weighted by Crippen LogP contribution is 2.44. The molecule has 1 amide bonds. The Morgan fingerprint density at radius 1 is 0.796 bits per heavy atom. The van der Waals surface area contributed by atoms with Crippen LogP contribution in [0.15, 0.2) is 48.5 Å². The van der Waals surface area contributed by atoms with Crippen molar-refractivity contribution in [1.29, 1.82) is 0 Å². The van der Waals surface area contributed by atoms with Crippen LogP contribution < -0.4 is 20.4 Å². The predicted molar refractivity (Wildman–Crippen MR) is 185 cm³/mol. The zero-order valence-electron chi connectivity index (χ0n) is 27.0. The molecular weight excluding hydrogens is 677 g/mol. The van der Waals surface area contributed by atoms with Crippen LogP contribution in [0.4, 0.5) is 39.2 Å². The molecule has 0 spiro atoms. The van der Waals surface area contributed by atoms with Gasteiger partial charge in [0.2, 0.25) is 16.2 Å². The van der Waals surface area contributed by atoms with Crippen LogP contribution in [0.1, 0.15) is 72.0 Å². The summed E-state index contributed by atoms with van der Waals surface area (Å²) < 4.78 is 52.8. The van der Waals surface area contributed by atoms with Crippen LogP contribution in [0.2, 0.25) is 0 Å². The molecule has 4 heterocycles. The Kier molecular flexibility index (Phi) is 9.48. The maximum atomic E-state index is 13.2. The van der Waals surface area contributed by atoms with Crippen LogP contribution in [0.25, 0.3) is 0 Å². The number of amides is 1. The molecule has 15 heteroatoms. The third-order valence-electron chi connectivity index (χ3n) is 9.46. The lowest BCUT2D eigenvalue weighted by atomic mass is 9.82. The van der Waals surface area contributed by atoms with Crippen molar-refractivity contribution in [3.8, 4) is 0 Å². The third kappa shape index (κ3) is 8.14. The van der Waals surface area contributed by atoms with Gasteiger partial charge in [0.25, 0.3) is 11.8 Å². The number of hydrogen-bond donors (Lipinski definition) is 2. The standard InChI is InChI=1S/C34H38F4N8OS2/c1-2-25(14-21-6-10-26(11-7-21)45-17-33(35,36)18-45)39-31-43-41-29(48-31)23-4-3-5-24(16-23)30-42-44-32(49-30)40-28(47)15-22-8-12-27(13-9-22)46-19-34(37,38)20-46/h6-13,23-25H,2-5,14-20H2,1H3,(H,39,43)(H,40,44,47). The summed E-state index contributed by atoms with van der Waals surface area (Å²) in [6.07, 6.45) is 5.78. The zero-order chi connectivity index (χ0) is 34.2. The number of carbonyl (C=O) groups is 1. The molecule has 7 rings (SSSR count). The number of nitrogens with one attached hydrogen (secondary N) is 2. The molecule has 3 aliphatic rings. The number of rotatable bonds is 12. The molecule has 4 aromatic rings. The topological polar surface area (TPSA) is 99.2 Å². The molecule has 0 bridgehead atoms. The first-order chi connectivity index (χ1) is 23.5. The van der Waals surface area contributed by atoms with Gasteiger partial charge in [-0.3, -0.25) is 4.79 Å². The van der Waals surface area contributed by atoms with Gasteiger partial charge >= 0.3 is 0 Å². The van der Waals surface area contributed by atoms with Crippen molar-refractivity contribution in [2.45, 2.75) is 81.6 Å². The van der Waals surface area contributed by atoms with Crippen molar-refractivity contribution >= 4 is 50.2 Å². The van der Waals surface area contributed by atoms with E-state index in [4.69, 9.17) is 0 Å². The average molecular weight is 715 g/mol. The number of carbonyl (C=O) groups excluding carboxylic acids is 1. The minimum absolute atomic E-state index is 0.151. The van der Waals surface area contributed by atoms with Gasteiger partial charge in [-0.1, -0.05) is 60.3 Å². The van der Waals surface area contributed by atoms with Crippen molar-refractivity contribution in [3.63, 3.8) is 0 Å². The van der Waals surface area contributed by atoms with Crippen molar-refractivity contribution in [1.82, 2.24) is 20.4 Å². The van der Waals surface area contributed by atoms with Crippen molar-refractivity contribution < 1.29 is 22.4 Å². The van der Waals surface area contributed by atoms with E-state index in [0.29, 0.717) is 5.13 Å². The predicted octanol–water partition coefficient (Wildman–Crippen LogP) is 7.36. The smallest absolute Gasteiger partial charge is 0.282 e. The second kappa shape index (κ2) is 13.8. The highest BCUT2D eigenvalue weighted by Gasteiger charge is 2.44. The van der Waals surface area contributed by atoms with Gasteiger partial charge in [0.15, 0.2) is 0 Å². The van der Waals surface area contributed by atoms with Crippen molar-refractivity contribution in [2.24, 2.45) is 0 Å². The molecule has 2 N–H and O–H groups in total. The normalized spacial score (nSPS) is 21.8. The molecule has 1 aliphatic carbocycles. The first kappa shape index (κ1) is 33.6. The zero-order valence-corrected chi connectivity index (χ0v) is 28.7. The lowest BCUT2D eigenvalue weighted by Gasteiger charge is -2.40. The molecule has 2 saturated heterocycles.